The largest absolute Gasteiger partial charge is 0.547 e. The molecule has 1 amide bonds. The van der Waals surface area contributed by atoms with Gasteiger partial charge in [-0.2, -0.15) is 11.3 Å². The van der Waals surface area contributed by atoms with Crippen molar-refractivity contribution in [1.82, 2.24) is 20.3 Å². The molecule has 4 rings (SSSR count). The zero-order valence-corrected chi connectivity index (χ0v) is 15.3. The summed E-state index contributed by atoms with van der Waals surface area (Å²) in [7, 11) is -1.35. The second-order valence-electron chi connectivity index (χ2n) is 6.30. The highest BCUT2D eigenvalue weighted by molar-refractivity contribution is 7.08. The number of carbonyl (C=O) groups excluding carboxylic acids is 1. The lowest BCUT2D eigenvalue weighted by Crippen LogP contribution is -2.53. The monoisotopic (exact) mass is 398 g/mol. The van der Waals surface area contributed by atoms with Crippen LogP contribution in [-0.2, 0) is 17.8 Å². The Morgan fingerprint density at radius 3 is 3.00 bits per heavy atom. The molecule has 1 aromatic carbocycles. The van der Waals surface area contributed by atoms with E-state index < -0.39 is 19.0 Å². The lowest BCUT2D eigenvalue weighted by atomic mass is 9.72. The van der Waals surface area contributed by atoms with Gasteiger partial charge in [0.25, 0.3) is 0 Å². The molecule has 1 aliphatic heterocycles. The molecule has 3 heterocycles. The Morgan fingerprint density at radius 2 is 2.25 bits per heavy atom. The van der Waals surface area contributed by atoms with Crippen molar-refractivity contribution in [2.75, 3.05) is 0 Å². The maximum atomic E-state index is 12.4. The molecule has 1 unspecified atom stereocenters. The van der Waals surface area contributed by atoms with Crippen LogP contribution in [0.1, 0.15) is 15.9 Å². The number of benzene rings is 1. The molecule has 1 atom stereocenters. The number of aromatic nitrogens is 3. The highest BCUT2D eigenvalue weighted by Crippen LogP contribution is 2.30. The molecule has 3 aromatic rings. The molecule has 1 aliphatic rings. The minimum absolute atomic E-state index is 0.0232. The highest BCUT2D eigenvalue weighted by Gasteiger charge is 2.37. The molecule has 9 nitrogen and oxygen atoms in total. The molecule has 2 aromatic heterocycles. The maximum absolute atomic E-state index is 12.4. The van der Waals surface area contributed by atoms with E-state index in [1.54, 1.807) is 29.7 Å². The Bertz CT molecular complexity index is 1020. The molecule has 11 heteroatoms. The number of thiophene rings is 1. The summed E-state index contributed by atoms with van der Waals surface area (Å²) in [5.74, 6) is -2.08. The first-order chi connectivity index (χ1) is 13.5. The van der Waals surface area contributed by atoms with Crippen LogP contribution in [0.5, 0.6) is 5.75 Å². The Kier molecular flexibility index (Phi) is 4.84. The fourth-order valence-corrected chi connectivity index (χ4v) is 3.68. The van der Waals surface area contributed by atoms with E-state index in [2.05, 4.69) is 15.6 Å². The first-order valence-electron chi connectivity index (χ1n) is 8.43. The van der Waals surface area contributed by atoms with Gasteiger partial charge in [0, 0.05) is 10.9 Å². The summed E-state index contributed by atoms with van der Waals surface area (Å²) in [5.41, 5.74) is 2.18. The number of aromatic carboxylic acids is 1. The number of para-hydroxylation sites is 1. The van der Waals surface area contributed by atoms with Crippen molar-refractivity contribution in [1.29, 1.82) is 0 Å². The van der Waals surface area contributed by atoms with Gasteiger partial charge in [0.15, 0.2) is 0 Å². The van der Waals surface area contributed by atoms with Gasteiger partial charge in [-0.15, -0.1) is 5.10 Å². The quantitative estimate of drug-likeness (QED) is 0.544. The maximum Gasteiger partial charge on any atom is 0.547 e. The number of rotatable bonds is 5. The minimum atomic E-state index is -1.35. The minimum Gasteiger partial charge on any atom is -0.534 e. The van der Waals surface area contributed by atoms with Crippen LogP contribution in [0.3, 0.4) is 0 Å². The summed E-state index contributed by atoms with van der Waals surface area (Å²) in [5, 5.41) is 34.0. The van der Waals surface area contributed by atoms with Crippen LogP contribution >= 0.6 is 11.3 Å². The fraction of sp³-hybridized carbons (Fsp3) is 0.176. The molecule has 0 aliphatic carbocycles. The summed E-state index contributed by atoms with van der Waals surface area (Å²) >= 11 is 1.54. The summed E-state index contributed by atoms with van der Waals surface area (Å²) in [6.45, 7) is -0.0671. The standard InChI is InChI=1S/C17H15BN4O5S/c23-15(8-22-7-13(20-21-22)11-4-5-28-9-11)19-14-6-10-2-1-3-12(17(24)25)16(10)27-18(14)26/h1-5,7,9,14,26H,6,8H2,(H,19,23)(H,24,25). The van der Waals surface area contributed by atoms with Crippen LogP contribution in [0.4, 0.5) is 0 Å². The molecular weight excluding hydrogens is 383 g/mol. The number of nitrogens with one attached hydrogen (secondary N) is 1. The van der Waals surface area contributed by atoms with Gasteiger partial charge in [-0.25, -0.2) is 9.48 Å². The van der Waals surface area contributed by atoms with Gasteiger partial charge in [0.1, 0.15) is 18.0 Å². The van der Waals surface area contributed by atoms with E-state index in [0.717, 1.165) is 5.56 Å². The van der Waals surface area contributed by atoms with Gasteiger partial charge < -0.3 is 20.1 Å². The zero-order chi connectivity index (χ0) is 19.7. The molecule has 142 valence electrons. The van der Waals surface area contributed by atoms with Crippen LogP contribution in [0.25, 0.3) is 11.3 Å². The van der Waals surface area contributed by atoms with Gasteiger partial charge in [-0.3, -0.25) is 4.79 Å². The molecule has 28 heavy (non-hydrogen) atoms. The number of hydrogen-bond donors (Lipinski definition) is 3. The first kappa shape index (κ1) is 18.2. The van der Waals surface area contributed by atoms with E-state index in [4.69, 9.17) is 4.65 Å². The Hall–Kier alpha value is -3.18. The van der Waals surface area contributed by atoms with Crippen molar-refractivity contribution in [3.05, 3.63) is 52.3 Å². The highest BCUT2D eigenvalue weighted by atomic mass is 32.1. The second kappa shape index (κ2) is 7.45. The van der Waals surface area contributed by atoms with Crippen LogP contribution < -0.4 is 9.97 Å². The lowest BCUT2D eigenvalue weighted by Gasteiger charge is -2.28. The molecule has 0 spiro atoms. The van der Waals surface area contributed by atoms with E-state index >= 15 is 0 Å². The number of amides is 1. The molecule has 0 saturated carbocycles. The molecule has 0 saturated heterocycles. The van der Waals surface area contributed by atoms with Gasteiger partial charge in [-0.1, -0.05) is 17.3 Å². The van der Waals surface area contributed by atoms with Gasteiger partial charge in [-0.05, 0) is 29.5 Å². The van der Waals surface area contributed by atoms with Gasteiger partial charge in [0.2, 0.25) is 5.91 Å². The predicted octanol–water partition coefficient (Wildman–Crippen LogP) is 0.844. The van der Waals surface area contributed by atoms with E-state index in [-0.39, 0.29) is 30.2 Å². The van der Waals surface area contributed by atoms with Crippen molar-refractivity contribution in [2.45, 2.75) is 18.9 Å². The Morgan fingerprint density at radius 1 is 1.39 bits per heavy atom. The average Bonchev–Trinajstić information content (AvgIpc) is 3.33. The average molecular weight is 398 g/mol. The third-order valence-electron chi connectivity index (χ3n) is 4.36. The Labute approximate surface area is 163 Å². The van der Waals surface area contributed by atoms with Crippen LogP contribution in [0.15, 0.2) is 41.2 Å². The van der Waals surface area contributed by atoms with E-state index in [1.807, 2.05) is 16.8 Å². The summed E-state index contributed by atoms with van der Waals surface area (Å²) in [6.07, 6.45) is 1.92. The normalized spacial score (nSPS) is 15.6. The van der Waals surface area contributed by atoms with E-state index in [1.165, 1.54) is 10.7 Å². The fourth-order valence-electron chi connectivity index (χ4n) is 3.03. The van der Waals surface area contributed by atoms with Crippen molar-refractivity contribution < 1.29 is 24.4 Å². The summed E-state index contributed by atoms with van der Waals surface area (Å²) < 4.78 is 6.78. The van der Waals surface area contributed by atoms with Crippen LogP contribution in [0.2, 0.25) is 0 Å². The molecule has 0 radical (unpaired) electrons. The van der Waals surface area contributed by atoms with Crippen molar-refractivity contribution >= 4 is 30.3 Å². The van der Waals surface area contributed by atoms with Crippen LogP contribution in [0, 0.1) is 0 Å². The van der Waals surface area contributed by atoms with Crippen LogP contribution in [-0.4, -0.2) is 50.1 Å². The van der Waals surface area contributed by atoms with Crippen molar-refractivity contribution in [3.8, 4) is 17.0 Å². The third kappa shape index (κ3) is 3.62. The third-order valence-corrected chi connectivity index (χ3v) is 5.04. The zero-order valence-electron chi connectivity index (χ0n) is 14.5. The van der Waals surface area contributed by atoms with Crippen molar-refractivity contribution in [3.63, 3.8) is 0 Å². The van der Waals surface area contributed by atoms with Gasteiger partial charge >= 0.3 is 13.1 Å². The second-order valence-corrected chi connectivity index (χ2v) is 7.08. The summed E-state index contributed by atoms with van der Waals surface area (Å²) in [4.78, 5) is 23.6. The number of carboxylic acids is 1. The molecular formula is C17H15BN4O5S. The van der Waals surface area contributed by atoms with E-state index in [0.29, 0.717) is 11.3 Å². The summed E-state index contributed by atoms with van der Waals surface area (Å²) in [6, 6.07) is 6.63. The van der Waals surface area contributed by atoms with Crippen molar-refractivity contribution in [2.24, 2.45) is 0 Å². The number of carbonyl (C=O) groups is 2. The molecule has 3 N–H and O–H groups in total. The number of fused-ring (bicyclic) bond motifs is 1. The smallest absolute Gasteiger partial charge is 0.534 e. The topological polar surface area (TPSA) is 127 Å². The van der Waals surface area contributed by atoms with Gasteiger partial charge in [0.05, 0.1) is 17.7 Å². The molecule has 0 bridgehead atoms. The predicted molar refractivity (Wildman–Crippen MR) is 101 cm³/mol. The number of hydrogen-bond acceptors (Lipinski definition) is 7. The molecule has 0 fully saturated rings. The SMILES string of the molecule is O=C(Cn1cc(-c2ccsc2)nn1)NC1Cc2cccc(C(=O)O)c2OB1O. The number of carboxylic acid groups (broad SMARTS) is 1. The van der Waals surface area contributed by atoms with E-state index in [9.17, 15) is 19.7 Å². The number of nitrogens with zero attached hydrogens (tertiary/aromatic N) is 3. The Balaban J connectivity index is 1.42. The first-order valence-corrected chi connectivity index (χ1v) is 9.37. The lowest BCUT2D eigenvalue weighted by molar-refractivity contribution is -0.122.